The third kappa shape index (κ3) is 3.73. The summed E-state index contributed by atoms with van der Waals surface area (Å²) in [5.74, 6) is -3.86. The molecule has 0 bridgehead atoms. The van der Waals surface area contributed by atoms with Gasteiger partial charge in [-0.1, -0.05) is 6.07 Å². The maximum absolute atomic E-state index is 13.7. The van der Waals surface area contributed by atoms with Crippen LogP contribution in [0.25, 0.3) is 0 Å². The monoisotopic (exact) mass is 384 g/mol. The van der Waals surface area contributed by atoms with Gasteiger partial charge in [0, 0.05) is 4.47 Å². The quantitative estimate of drug-likeness (QED) is 0.591. The van der Waals surface area contributed by atoms with Crippen molar-refractivity contribution in [3.8, 4) is 5.75 Å². The van der Waals surface area contributed by atoms with Crippen molar-refractivity contribution in [2.75, 3.05) is 7.11 Å². The fourth-order valence-corrected chi connectivity index (χ4v) is 2.30. The highest BCUT2D eigenvalue weighted by Crippen LogP contribution is 2.27. The molecule has 0 saturated carbocycles. The molecule has 0 amide bonds. The molecule has 0 heterocycles. The first kappa shape index (κ1) is 17.1. The van der Waals surface area contributed by atoms with E-state index in [0.29, 0.717) is 5.56 Å². The van der Waals surface area contributed by atoms with E-state index in [1.165, 1.54) is 19.2 Å². The van der Waals surface area contributed by atoms with Gasteiger partial charge < -0.3 is 9.47 Å². The summed E-state index contributed by atoms with van der Waals surface area (Å²) in [6.07, 6.45) is 0. The van der Waals surface area contributed by atoms with Gasteiger partial charge in [0.1, 0.15) is 5.82 Å². The third-order valence-corrected chi connectivity index (χ3v) is 3.65. The highest BCUT2D eigenvalue weighted by molar-refractivity contribution is 9.10. The third-order valence-electron chi connectivity index (χ3n) is 2.99. The number of hydrogen-bond donors (Lipinski definition) is 0. The lowest BCUT2D eigenvalue weighted by Crippen LogP contribution is -2.15. The number of rotatable bonds is 3. The summed E-state index contributed by atoms with van der Waals surface area (Å²) in [7, 11) is 1.23. The van der Waals surface area contributed by atoms with Gasteiger partial charge in [-0.25, -0.2) is 18.4 Å². The summed E-state index contributed by atoms with van der Waals surface area (Å²) in [6.45, 7) is 1.66. The molecule has 0 unspecified atom stereocenters. The Kier molecular flexibility index (Phi) is 5.10. The topological polar surface area (TPSA) is 52.6 Å². The Morgan fingerprint density at radius 1 is 1.00 bits per heavy atom. The zero-order valence-corrected chi connectivity index (χ0v) is 13.7. The number of esters is 2. The maximum Gasteiger partial charge on any atom is 0.349 e. The van der Waals surface area contributed by atoms with Gasteiger partial charge in [-0.05, 0) is 52.7 Å². The standard InChI is InChI=1S/C16H11BrF2O4/c1-8-3-4-9(12(18)5-8)15(20)23-16(21)10-6-14(22-2)13(19)7-11(10)17/h3-7H,1-2H3. The van der Waals surface area contributed by atoms with Gasteiger partial charge in [0.2, 0.25) is 0 Å². The highest BCUT2D eigenvalue weighted by Gasteiger charge is 2.22. The minimum absolute atomic E-state index is 0.0815. The molecule has 4 nitrogen and oxygen atoms in total. The molecule has 0 radical (unpaired) electrons. The van der Waals surface area contributed by atoms with Crippen molar-refractivity contribution >= 4 is 27.9 Å². The van der Waals surface area contributed by atoms with Gasteiger partial charge in [0.15, 0.2) is 11.6 Å². The van der Waals surface area contributed by atoms with Crippen LogP contribution in [-0.4, -0.2) is 19.0 Å². The van der Waals surface area contributed by atoms with Gasteiger partial charge in [-0.3, -0.25) is 0 Å². The Balaban J connectivity index is 2.27. The number of carbonyl (C=O) groups excluding carboxylic acids is 2. The second-order valence-electron chi connectivity index (χ2n) is 4.63. The van der Waals surface area contributed by atoms with E-state index in [0.717, 1.165) is 18.2 Å². The first-order chi connectivity index (χ1) is 10.8. The molecule has 120 valence electrons. The van der Waals surface area contributed by atoms with Crippen molar-refractivity contribution in [3.05, 3.63) is 63.1 Å². The molecule has 0 aliphatic rings. The molecule has 0 saturated heterocycles. The van der Waals surface area contributed by atoms with Crippen molar-refractivity contribution in [3.63, 3.8) is 0 Å². The Morgan fingerprint density at radius 2 is 1.65 bits per heavy atom. The predicted molar refractivity (Wildman–Crippen MR) is 81.5 cm³/mol. The highest BCUT2D eigenvalue weighted by atomic mass is 79.9. The number of carbonyl (C=O) groups is 2. The van der Waals surface area contributed by atoms with Crippen molar-refractivity contribution in [1.29, 1.82) is 0 Å². The van der Waals surface area contributed by atoms with Crippen molar-refractivity contribution in [1.82, 2.24) is 0 Å². The lowest BCUT2D eigenvalue weighted by atomic mass is 10.1. The van der Waals surface area contributed by atoms with E-state index in [4.69, 9.17) is 4.74 Å². The molecule has 0 atom stereocenters. The average Bonchev–Trinajstić information content (AvgIpc) is 2.46. The molecule has 2 rings (SSSR count). The smallest absolute Gasteiger partial charge is 0.349 e. The van der Waals surface area contributed by atoms with Crippen LogP contribution in [0.2, 0.25) is 0 Å². The van der Waals surface area contributed by atoms with Crippen LogP contribution in [0.5, 0.6) is 5.75 Å². The zero-order valence-electron chi connectivity index (χ0n) is 12.2. The van der Waals surface area contributed by atoms with Crippen molar-refractivity contribution in [2.24, 2.45) is 0 Å². The molecular formula is C16H11BrF2O4. The summed E-state index contributed by atoms with van der Waals surface area (Å²) in [6, 6.07) is 5.98. The lowest BCUT2D eigenvalue weighted by molar-refractivity contribution is 0.0394. The Labute approximate surface area is 139 Å². The number of ether oxygens (including phenoxy) is 2. The molecule has 2 aromatic rings. The van der Waals surface area contributed by atoms with Gasteiger partial charge >= 0.3 is 11.9 Å². The van der Waals surface area contributed by atoms with Crippen LogP contribution < -0.4 is 4.74 Å². The number of methoxy groups -OCH3 is 1. The van der Waals surface area contributed by atoms with Crippen LogP contribution in [0.4, 0.5) is 8.78 Å². The van der Waals surface area contributed by atoms with Crippen LogP contribution in [-0.2, 0) is 4.74 Å². The van der Waals surface area contributed by atoms with E-state index in [9.17, 15) is 18.4 Å². The maximum atomic E-state index is 13.7. The average molecular weight is 385 g/mol. The molecule has 2 aromatic carbocycles. The molecule has 0 spiro atoms. The summed E-state index contributed by atoms with van der Waals surface area (Å²) in [4.78, 5) is 23.9. The predicted octanol–water partition coefficient (Wildman–Crippen LogP) is 4.04. The summed E-state index contributed by atoms with van der Waals surface area (Å²) < 4.78 is 36.7. The van der Waals surface area contributed by atoms with Crippen molar-refractivity contribution < 1.29 is 27.8 Å². The first-order valence-electron chi connectivity index (χ1n) is 6.39. The minimum atomic E-state index is -1.14. The number of aryl methyl sites for hydroxylation is 1. The van der Waals surface area contributed by atoms with E-state index in [-0.39, 0.29) is 21.3 Å². The van der Waals surface area contributed by atoms with E-state index in [1.54, 1.807) is 6.92 Å². The Morgan fingerprint density at radius 3 is 2.26 bits per heavy atom. The van der Waals surface area contributed by atoms with Crippen LogP contribution in [0, 0.1) is 18.6 Å². The Bertz CT molecular complexity index is 790. The van der Waals surface area contributed by atoms with Crippen LogP contribution in [0.3, 0.4) is 0 Å². The van der Waals surface area contributed by atoms with E-state index >= 15 is 0 Å². The van der Waals surface area contributed by atoms with Gasteiger partial charge in [-0.2, -0.15) is 0 Å². The number of halogens is 3. The van der Waals surface area contributed by atoms with E-state index in [1.807, 2.05) is 0 Å². The fraction of sp³-hybridized carbons (Fsp3) is 0.125. The SMILES string of the molecule is COc1cc(C(=O)OC(=O)c2ccc(C)cc2F)c(Br)cc1F. The molecule has 0 aliphatic carbocycles. The molecule has 7 heteroatoms. The molecule has 0 aliphatic heterocycles. The van der Waals surface area contributed by atoms with Gasteiger partial charge in [-0.15, -0.1) is 0 Å². The number of benzene rings is 2. The summed E-state index contributed by atoms with van der Waals surface area (Å²) in [5.41, 5.74) is 0.134. The fourth-order valence-electron chi connectivity index (χ4n) is 1.82. The normalized spacial score (nSPS) is 10.3. The van der Waals surface area contributed by atoms with Crippen LogP contribution in [0.15, 0.2) is 34.8 Å². The lowest BCUT2D eigenvalue weighted by Gasteiger charge is -2.08. The second-order valence-corrected chi connectivity index (χ2v) is 5.48. The molecular weight excluding hydrogens is 374 g/mol. The summed E-state index contributed by atoms with van der Waals surface area (Å²) in [5, 5.41) is 0. The molecule has 0 fully saturated rings. The zero-order chi connectivity index (χ0) is 17.1. The van der Waals surface area contributed by atoms with Crippen LogP contribution in [0.1, 0.15) is 26.3 Å². The second kappa shape index (κ2) is 6.87. The molecule has 0 aromatic heterocycles. The van der Waals surface area contributed by atoms with Crippen molar-refractivity contribution in [2.45, 2.75) is 6.92 Å². The van der Waals surface area contributed by atoms with Gasteiger partial charge in [0.05, 0.1) is 18.2 Å². The van der Waals surface area contributed by atoms with Crippen LogP contribution >= 0.6 is 15.9 Å². The van der Waals surface area contributed by atoms with E-state index < -0.39 is 23.6 Å². The Hall–Kier alpha value is -2.28. The molecule has 0 N–H and O–H groups in total. The molecule has 23 heavy (non-hydrogen) atoms. The number of hydrogen-bond acceptors (Lipinski definition) is 4. The van der Waals surface area contributed by atoms with E-state index in [2.05, 4.69) is 20.7 Å². The van der Waals surface area contributed by atoms with Gasteiger partial charge in [0.25, 0.3) is 0 Å². The summed E-state index contributed by atoms with van der Waals surface area (Å²) >= 11 is 3.00. The largest absolute Gasteiger partial charge is 0.494 e. The minimum Gasteiger partial charge on any atom is -0.494 e. The first-order valence-corrected chi connectivity index (χ1v) is 7.18.